The SMILES string of the molecule is CC1(C)OB(c2cc(N)cc(CC(=O)O)c2)OC1(C)C. The molecule has 1 fully saturated rings. The van der Waals surface area contributed by atoms with E-state index >= 15 is 0 Å². The Morgan fingerprint density at radius 2 is 1.75 bits per heavy atom. The van der Waals surface area contributed by atoms with Crippen LogP contribution in [-0.2, 0) is 20.5 Å². The minimum Gasteiger partial charge on any atom is -0.481 e. The second-order valence-corrected chi connectivity index (χ2v) is 6.17. The summed E-state index contributed by atoms with van der Waals surface area (Å²) in [4.78, 5) is 10.8. The van der Waals surface area contributed by atoms with Crippen LogP contribution in [0.5, 0.6) is 0 Å². The van der Waals surface area contributed by atoms with E-state index in [1.165, 1.54) is 0 Å². The van der Waals surface area contributed by atoms with Crippen LogP contribution in [0.1, 0.15) is 33.3 Å². The topological polar surface area (TPSA) is 81.8 Å². The molecule has 0 spiro atoms. The van der Waals surface area contributed by atoms with Crippen molar-refractivity contribution in [2.24, 2.45) is 0 Å². The molecule has 0 unspecified atom stereocenters. The monoisotopic (exact) mass is 277 g/mol. The largest absolute Gasteiger partial charge is 0.494 e. The maximum absolute atomic E-state index is 10.8. The normalized spacial score (nSPS) is 20.1. The fraction of sp³-hybridized carbons (Fsp3) is 0.500. The smallest absolute Gasteiger partial charge is 0.481 e. The van der Waals surface area contributed by atoms with Gasteiger partial charge in [0.15, 0.2) is 0 Å². The molecule has 5 nitrogen and oxygen atoms in total. The highest BCUT2D eigenvalue weighted by Gasteiger charge is 2.51. The molecule has 0 bridgehead atoms. The van der Waals surface area contributed by atoms with Crippen LogP contribution < -0.4 is 11.2 Å². The summed E-state index contributed by atoms with van der Waals surface area (Å²) in [5, 5.41) is 8.88. The first kappa shape index (κ1) is 14.9. The van der Waals surface area contributed by atoms with E-state index in [2.05, 4.69) is 0 Å². The van der Waals surface area contributed by atoms with Crippen LogP contribution in [0.3, 0.4) is 0 Å². The number of hydrogen-bond donors (Lipinski definition) is 2. The van der Waals surface area contributed by atoms with Gasteiger partial charge in [-0.1, -0.05) is 6.07 Å². The first-order valence-corrected chi connectivity index (χ1v) is 6.57. The summed E-state index contributed by atoms with van der Waals surface area (Å²) in [6.07, 6.45) is -0.0719. The highest BCUT2D eigenvalue weighted by atomic mass is 16.7. The molecule has 0 atom stereocenters. The van der Waals surface area contributed by atoms with Gasteiger partial charge in [0.1, 0.15) is 0 Å². The summed E-state index contributed by atoms with van der Waals surface area (Å²) in [5.41, 5.74) is 6.86. The maximum atomic E-state index is 10.8. The Morgan fingerprint density at radius 1 is 1.20 bits per heavy atom. The fourth-order valence-corrected chi connectivity index (χ4v) is 2.14. The predicted molar refractivity (Wildman–Crippen MR) is 77.9 cm³/mol. The summed E-state index contributed by atoms with van der Waals surface area (Å²) in [6, 6.07) is 5.18. The van der Waals surface area contributed by atoms with E-state index in [0.717, 1.165) is 5.46 Å². The lowest BCUT2D eigenvalue weighted by Crippen LogP contribution is -2.41. The second kappa shape index (κ2) is 4.79. The molecule has 1 heterocycles. The standard InChI is InChI=1S/C14H20BNO4/c1-13(2)14(3,4)20-15(19-13)10-5-9(7-12(17)18)6-11(16)8-10/h5-6,8H,7,16H2,1-4H3,(H,17,18). The van der Waals surface area contributed by atoms with Gasteiger partial charge in [-0.25, -0.2) is 0 Å². The van der Waals surface area contributed by atoms with Gasteiger partial charge in [0.05, 0.1) is 17.6 Å². The summed E-state index contributed by atoms with van der Waals surface area (Å²) in [7, 11) is -0.531. The number of carbonyl (C=O) groups is 1. The van der Waals surface area contributed by atoms with Crippen LogP contribution >= 0.6 is 0 Å². The Bertz CT molecular complexity index is 526. The molecule has 6 heteroatoms. The lowest BCUT2D eigenvalue weighted by atomic mass is 9.78. The number of rotatable bonds is 3. The van der Waals surface area contributed by atoms with Crippen molar-refractivity contribution in [2.75, 3.05) is 5.73 Å². The Kier molecular flexibility index (Phi) is 3.56. The van der Waals surface area contributed by atoms with Crippen LogP contribution in [0.2, 0.25) is 0 Å². The minimum atomic E-state index is -0.893. The predicted octanol–water partition coefficient (Wildman–Crippen LogP) is 1.20. The van der Waals surface area contributed by atoms with Crippen molar-refractivity contribution in [3.63, 3.8) is 0 Å². The van der Waals surface area contributed by atoms with Gasteiger partial charge in [0.25, 0.3) is 0 Å². The number of nitrogen functional groups attached to an aromatic ring is 1. The molecule has 0 amide bonds. The average Bonchev–Trinajstić information content (AvgIpc) is 2.46. The second-order valence-electron chi connectivity index (χ2n) is 6.17. The van der Waals surface area contributed by atoms with Gasteiger partial charge in [-0.3, -0.25) is 4.79 Å². The van der Waals surface area contributed by atoms with Crippen molar-refractivity contribution in [1.82, 2.24) is 0 Å². The zero-order valence-electron chi connectivity index (χ0n) is 12.3. The summed E-state index contributed by atoms with van der Waals surface area (Å²) in [5.74, 6) is -0.893. The third-order valence-corrected chi connectivity index (χ3v) is 3.92. The van der Waals surface area contributed by atoms with E-state index in [0.29, 0.717) is 11.3 Å². The van der Waals surface area contributed by atoms with Crippen molar-refractivity contribution in [3.05, 3.63) is 23.8 Å². The highest BCUT2D eigenvalue weighted by Crippen LogP contribution is 2.36. The molecule has 108 valence electrons. The van der Waals surface area contributed by atoms with Gasteiger partial charge >= 0.3 is 13.1 Å². The molecule has 3 N–H and O–H groups in total. The van der Waals surface area contributed by atoms with Gasteiger partial charge in [0, 0.05) is 5.69 Å². The number of carboxylic acid groups (broad SMARTS) is 1. The Morgan fingerprint density at radius 3 is 2.25 bits per heavy atom. The summed E-state index contributed by atoms with van der Waals surface area (Å²) < 4.78 is 11.9. The average molecular weight is 277 g/mol. The van der Waals surface area contributed by atoms with Crippen molar-refractivity contribution < 1.29 is 19.2 Å². The molecule has 1 aliphatic heterocycles. The van der Waals surface area contributed by atoms with Crippen molar-refractivity contribution in [2.45, 2.75) is 45.3 Å². The maximum Gasteiger partial charge on any atom is 0.494 e. The summed E-state index contributed by atoms with van der Waals surface area (Å²) >= 11 is 0. The van der Waals surface area contributed by atoms with Crippen LogP contribution in [0, 0.1) is 0 Å². The molecule has 1 aromatic rings. The van der Waals surface area contributed by atoms with E-state index in [1.807, 2.05) is 27.7 Å². The van der Waals surface area contributed by atoms with Crippen LogP contribution in [-0.4, -0.2) is 29.4 Å². The van der Waals surface area contributed by atoms with E-state index in [1.54, 1.807) is 18.2 Å². The van der Waals surface area contributed by atoms with Crippen molar-refractivity contribution in [1.29, 1.82) is 0 Å². The Hall–Kier alpha value is -1.53. The molecular weight excluding hydrogens is 257 g/mol. The van der Waals surface area contributed by atoms with Gasteiger partial charge in [-0.05, 0) is 50.9 Å². The van der Waals surface area contributed by atoms with E-state index in [-0.39, 0.29) is 6.42 Å². The molecule has 20 heavy (non-hydrogen) atoms. The molecule has 0 radical (unpaired) electrons. The van der Waals surface area contributed by atoms with Crippen LogP contribution in [0.25, 0.3) is 0 Å². The van der Waals surface area contributed by atoms with Gasteiger partial charge in [-0.2, -0.15) is 0 Å². The molecule has 0 saturated carbocycles. The Labute approximate surface area is 119 Å². The molecule has 1 saturated heterocycles. The number of hydrogen-bond acceptors (Lipinski definition) is 4. The van der Waals surface area contributed by atoms with Crippen molar-refractivity contribution in [3.8, 4) is 0 Å². The first-order valence-electron chi connectivity index (χ1n) is 6.57. The lowest BCUT2D eigenvalue weighted by Gasteiger charge is -2.32. The zero-order chi connectivity index (χ0) is 15.1. The van der Waals surface area contributed by atoms with E-state index in [4.69, 9.17) is 20.1 Å². The van der Waals surface area contributed by atoms with Gasteiger partial charge < -0.3 is 20.1 Å². The Balaban J connectivity index is 2.30. The van der Waals surface area contributed by atoms with Crippen LogP contribution in [0.4, 0.5) is 5.69 Å². The van der Waals surface area contributed by atoms with E-state index in [9.17, 15) is 4.79 Å². The molecule has 1 aliphatic rings. The lowest BCUT2D eigenvalue weighted by molar-refractivity contribution is -0.136. The number of nitrogens with two attached hydrogens (primary N) is 1. The third kappa shape index (κ3) is 2.81. The third-order valence-electron chi connectivity index (χ3n) is 3.92. The number of carboxylic acids is 1. The van der Waals surface area contributed by atoms with Crippen LogP contribution in [0.15, 0.2) is 18.2 Å². The van der Waals surface area contributed by atoms with Crippen molar-refractivity contribution >= 4 is 24.2 Å². The fourth-order valence-electron chi connectivity index (χ4n) is 2.14. The summed E-state index contributed by atoms with van der Waals surface area (Å²) in [6.45, 7) is 7.88. The molecule has 2 rings (SSSR count). The molecular formula is C14H20BNO4. The van der Waals surface area contributed by atoms with Gasteiger partial charge in [0.2, 0.25) is 0 Å². The van der Waals surface area contributed by atoms with Gasteiger partial charge in [-0.15, -0.1) is 0 Å². The number of benzene rings is 1. The first-order chi connectivity index (χ1) is 9.10. The number of anilines is 1. The molecule has 0 aliphatic carbocycles. The number of aliphatic carboxylic acids is 1. The zero-order valence-corrected chi connectivity index (χ0v) is 12.3. The quantitative estimate of drug-likeness (QED) is 0.640. The molecule has 0 aromatic heterocycles. The van der Waals surface area contributed by atoms with E-state index < -0.39 is 24.3 Å². The molecule has 1 aromatic carbocycles. The minimum absolute atomic E-state index is 0.0719. The highest BCUT2D eigenvalue weighted by molar-refractivity contribution is 6.62.